The van der Waals surface area contributed by atoms with Gasteiger partial charge in [0.25, 0.3) is 0 Å². The zero-order chi connectivity index (χ0) is 16.9. The van der Waals surface area contributed by atoms with Crippen LogP contribution in [0.15, 0.2) is 34.7 Å². The van der Waals surface area contributed by atoms with Crippen LogP contribution in [0.25, 0.3) is 11.0 Å². The molecule has 1 aliphatic carbocycles. The molecule has 2 saturated heterocycles. The molecule has 1 saturated carbocycles. The summed E-state index contributed by atoms with van der Waals surface area (Å²) in [5, 5.41) is 4.35. The number of para-hydroxylation sites is 1. The van der Waals surface area contributed by atoms with E-state index in [1.165, 1.54) is 0 Å². The van der Waals surface area contributed by atoms with Crippen LogP contribution in [0, 0.1) is 11.3 Å². The number of likely N-dealkylation sites (tertiary alicyclic amines) is 1. The summed E-state index contributed by atoms with van der Waals surface area (Å²) in [7, 11) is 0. The number of fused-ring (bicyclic) bond motifs is 1. The third-order valence-electron chi connectivity index (χ3n) is 6.03. The highest BCUT2D eigenvalue weighted by molar-refractivity contribution is 5.79. The SMILES string of the molecule is O=C(N[C@@H](c1cc2ccccc2o1)C1CC1)N1CC[C@@]2(CCOC2)C1. The van der Waals surface area contributed by atoms with Crippen LogP contribution in [-0.2, 0) is 4.74 Å². The Morgan fingerprint density at radius 2 is 2.16 bits per heavy atom. The number of urea groups is 1. The maximum absolute atomic E-state index is 12.8. The van der Waals surface area contributed by atoms with Gasteiger partial charge in [-0.1, -0.05) is 18.2 Å². The van der Waals surface area contributed by atoms with Crippen LogP contribution in [0.4, 0.5) is 4.79 Å². The fraction of sp³-hybridized carbons (Fsp3) is 0.550. The van der Waals surface area contributed by atoms with Crippen molar-refractivity contribution in [2.24, 2.45) is 11.3 Å². The lowest BCUT2D eigenvalue weighted by Crippen LogP contribution is -2.42. The molecule has 25 heavy (non-hydrogen) atoms. The first-order valence-electron chi connectivity index (χ1n) is 9.34. The predicted octanol–water partition coefficient (Wildman–Crippen LogP) is 3.71. The third-order valence-corrected chi connectivity index (χ3v) is 6.03. The number of hydrogen-bond acceptors (Lipinski definition) is 3. The fourth-order valence-electron chi connectivity index (χ4n) is 4.31. The molecule has 1 spiro atoms. The van der Waals surface area contributed by atoms with Crippen molar-refractivity contribution >= 4 is 17.0 Å². The number of carbonyl (C=O) groups excluding carboxylic acids is 1. The van der Waals surface area contributed by atoms with E-state index in [0.717, 1.165) is 68.7 Å². The minimum Gasteiger partial charge on any atom is -0.459 e. The van der Waals surface area contributed by atoms with Crippen LogP contribution >= 0.6 is 0 Å². The number of benzene rings is 1. The molecule has 3 fully saturated rings. The summed E-state index contributed by atoms with van der Waals surface area (Å²) >= 11 is 0. The van der Waals surface area contributed by atoms with Gasteiger partial charge >= 0.3 is 6.03 Å². The summed E-state index contributed by atoms with van der Waals surface area (Å²) in [5.41, 5.74) is 1.09. The van der Waals surface area contributed by atoms with Crippen LogP contribution in [0.2, 0.25) is 0 Å². The third kappa shape index (κ3) is 2.80. The van der Waals surface area contributed by atoms with Crippen LogP contribution in [0.5, 0.6) is 0 Å². The Labute approximate surface area is 147 Å². The molecular formula is C20H24N2O3. The van der Waals surface area contributed by atoms with E-state index in [1.54, 1.807) is 0 Å². The van der Waals surface area contributed by atoms with E-state index in [-0.39, 0.29) is 17.5 Å². The Balaban J connectivity index is 1.33. The van der Waals surface area contributed by atoms with E-state index < -0.39 is 0 Å². The van der Waals surface area contributed by atoms with Crippen LogP contribution < -0.4 is 5.32 Å². The van der Waals surface area contributed by atoms with E-state index in [2.05, 4.69) is 17.4 Å². The highest BCUT2D eigenvalue weighted by atomic mass is 16.5. The van der Waals surface area contributed by atoms with Gasteiger partial charge in [0.15, 0.2) is 0 Å². The minimum atomic E-state index is -0.0173. The second-order valence-corrected chi connectivity index (χ2v) is 7.93. The number of furan rings is 1. The summed E-state index contributed by atoms with van der Waals surface area (Å²) in [5.74, 6) is 1.38. The Bertz CT molecular complexity index is 756. The van der Waals surface area contributed by atoms with Crippen LogP contribution in [-0.4, -0.2) is 37.2 Å². The van der Waals surface area contributed by atoms with E-state index in [1.807, 2.05) is 23.1 Å². The van der Waals surface area contributed by atoms with Gasteiger partial charge in [0, 0.05) is 30.5 Å². The Hall–Kier alpha value is -2.01. The van der Waals surface area contributed by atoms with Crippen molar-refractivity contribution in [3.8, 4) is 0 Å². The highest BCUT2D eigenvalue weighted by Crippen LogP contribution is 2.43. The molecular weight excluding hydrogens is 316 g/mol. The number of nitrogens with zero attached hydrogens (tertiary/aromatic N) is 1. The lowest BCUT2D eigenvalue weighted by molar-refractivity contribution is 0.151. The van der Waals surface area contributed by atoms with E-state index in [9.17, 15) is 4.79 Å². The van der Waals surface area contributed by atoms with E-state index >= 15 is 0 Å². The van der Waals surface area contributed by atoms with Crippen molar-refractivity contribution in [3.05, 3.63) is 36.1 Å². The number of ether oxygens (including phenoxy) is 1. The predicted molar refractivity (Wildman–Crippen MR) is 94.3 cm³/mol. The van der Waals surface area contributed by atoms with Gasteiger partial charge in [-0.3, -0.25) is 0 Å². The molecule has 2 amide bonds. The maximum Gasteiger partial charge on any atom is 0.318 e. The fourth-order valence-corrected chi connectivity index (χ4v) is 4.31. The van der Waals surface area contributed by atoms with Crippen molar-refractivity contribution in [3.63, 3.8) is 0 Å². The molecule has 0 radical (unpaired) electrons. The number of carbonyl (C=O) groups is 1. The van der Waals surface area contributed by atoms with Crippen LogP contribution in [0.3, 0.4) is 0 Å². The Morgan fingerprint density at radius 1 is 1.28 bits per heavy atom. The number of hydrogen-bond donors (Lipinski definition) is 1. The number of amides is 2. The molecule has 2 aromatic rings. The smallest absolute Gasteiger partial charge is 0.318 e. The van der Waals surface area contributed by atoms with Crippen molar-refractivity contribution in [1.82, 2.24) is 10.2 Å². The average Bonchev–Trinajstić information content (AvgIpc) is 3.06. The molecule has 2 atom stereocenters. The number of nitrogens with one attached hydrogen (secondary N) is 1. The highest BCUT2D eigenvalue weighted by Gasteiger charge is 2.44. The molecule has 3 heterocycles. The summed E-state index contributed by atoms with van der Waals surface area (Å²) in [4.78, 5) is 14.8. The Kier molecular flexibility index (Phi) is 3.52. The molecule has 5 rings (SSSR count). The largest absolute Gasteiger partial charge is 0.459 e. The van der Waals surface area contributed by atoms with E-state index in [4.69, 9.17) is 9.15 Å². The monoisotopic (exact) mass is 340 g/mol. The minimum absolute atomic E-state index is 0.0173. The van der Waals surface area contributed by atoms with E-state index in [0.29, 0.717) is 5.92 Å². The van der Waals surface area contributed by atoms with Gasteiger partial charge in [0.2, 0.25) is 0 Å². The molecule has 0 unspecified atom stereocenters. The molecule has 1 N–H and O–H groups in total. The van der Waals surface area contributed by atoms with Crippen LogP contribution in [0.1, 0.15) is 37.5 Å². The Morgan fingerprint density at radius 3 is 2.92 bits per heavy atom. The molecule has 3 aliphatic rings. The van der Waals surface area contributed by atoms with Gasteiger partial charge in [-0.05, 0) is 43.7 Å². The van der Waals surface area contributed by atoms with Crippen molar-refractivity contribution in [1.29, 1.82) is 0 Å². The molecule has 5 nitrogen and oxygen atoms in total. The van der Waals surface area contributed by atoms with Gasteiger partial charge < -0.3 is 19.4 Å². The van der Waals surface area contributed by atoms with Gasteiger partial charge in [0.1, 0.15) is 11.3 Å². The molecule has 1 aromatic heterocycles. The average molecular weight is 340 g/mol. The zero-order valence-electron chi connectivity index (χ0n) is 14.4. The summed E-state index contributed by atoms with van der Waals surface area (Å²) < 4.78 is 11.6. The van der Waals surface area contributed by atoms with Gasteiger partial charge in [0.05, 0.1) is 12.6 Å². The second-order valence-electron chi connectivity index (χ2n) is 7.93. The standard InChI is InChI=1S/C20H24N2O3/c23-19(22-9-7-20(12-22)8-10-24-13-20)21-18(14-5-6-14)17-11-15-3-1-2-4-16(15)25-17/h1-4,11,14,18H,5-10,12-13H2,(H,21,23)/t18-,20-/m1/s1. The van der Waals surface area contributed by atoms with Crippen molar-refractivity contribution in [2.75, 3.05) is 26.3 Å². The maximum atomic E-state index is 12.8. The van der Waals surface area contributed by atoms with Crippen molar-refractivity contribution in [2.45, 2.75) is 31.7 Å². The van der Waals surface area contributed by atoms with Crippen molar-refractivity contribution < 1.29 is 13.9 Å². The topological polar surface area (TPSA) is 54.7 Å². The number of rotatable bonds is 3. The first-order valence-corrected chi connectivity index (χ1v) is 9.34. The molecule has 0 bridgehead atoms. The summed E-state index contributed by atoms with van der Waals surface area (Å²) in [6.07, 6.45) is 4.44. The molecule has 132 valence electrons. The van der Waals surface area contributed by atoms with Gasteiger partial charge in [-0.25, -0.2) is 4.79 Å². The summed E-state index contributed by atoms with van der Waals surface area (Å²) in [6.45, 7) is 3.27. The first kappa shape index (κ1) is 15.3. The lowest BCUT2D eigenvalue weighted by Gasteiger charge is -2.24. The molecule has 1 aromatic carbocycles. The summed E-state index contributed by atoms with van der Waals surface area (Å²) in [6, 6.07) is 10.1. The second kappa shape index (κ2) is 5.77. The zero-order valence-corrected chi connectivity index (χ0v) is 14.4. The molecule has 2 aliphatic heterocycles. The normalized spacial score (nSPS) is 27.3. The van der Waals surface area contributed by atoms with Gasteiger partial charge in [-0.15, -0.1) is 0 Å². The quantitative estimate of drug-likeness (QED) is 0.927. The first-order chi connectivity index (χ1) is 12.2. The van der Waals surface area contributed by atoms with Gasteiger partial charge in [-0.2, -0.15) is 0 Å². The molecule has 5 heteroatoms. The lowest BCUT2D eigenvalue weighted by atomic mass is 9.87.